The summed E-state index contributed by atoms with van der Waals surface area (Å²) < 4.78 is 11.0. The van der Waals surface area contributed by atoms with Gasteiger partial charge in [0.05, 0.1) is 42.0 Å². The number of nitrogens with two attached hydrogens (primary N) is 1. The Hall–Kier alpha value is -4.74. The lowest BCUT2D eigenvalue weighted by atomic mass is 9.96. The zero-order chi connectivity index (χ0) is 30.5. The minimum atomic E-state index is -0.688. The summed E-state index contributed by atoms with van der Waals surface area (Å²) in [6.45, 7) is 6.61. The molecule has 2 aliphatic rings. The number of rotatable bonds is 7. The van der Waals surface area contributed by atoms with Crippen molar-refractivity contribution in [2.75, 3.05) is 59.8 Å². The van der Waals surface area contributed by atoms with Gasteiger partial charge in [-0.15, -0.1) is 0 Å². The van der Waals surface area contributed by atoms with Crippen molar-refractivity contribution in [3.8, 4) is 0 Å². The fourth-order valence-corrected chi connectivity index (χ4v) is 5.85. The first-order chi connectivity index (χ1) is 21.4. The van der Waals surface area contributed by atoms with Crippen LogP contribution in [0.15, 0.2) is 73.1 Å². The highest BCUT2D eigenvalue weighted by Gasteiger charge is 2.26. The largest absolute Gasteiger partial charge is 0.444 e. The van der Waals surface area contributed by atoms with E-state index in [4.69, 9.17) is 20.2 Å². The van der Waals surface area contributed by atoms with Crippen LogP contribution in [0.5, 0.6) is 0 Å². The summed E-state index contributed by atoms with van der Waals surface area (Å²) in [5, 5.41) is 6.53. The molecule has 6 rings (SSSR count). The summed E-state index contributed by atoms with van der Waals surface area (Å²) in [7, 11) is 0. The molecular weight excluding hydrogens is 558 g/mol. The van der Waals surface area contributed by atoms with Crippen molar-refractivity contribution in [2.45, 2.75) is 26.0 Å². The number of anilines is 4. The second-order valence-electron chi connectivity index (χ2n) is 11.4. The second kappa shape index (κ2) is 13.3. The Labute approximate surface area is 256 Å². The van der Waals surface area contributed by atoms with Gasteiger partial charge in [-0.1, -0.05) is 43.3 Å². The first kappa shape index (κ1) is 29.3. The Bertz CT molecular complexity index is 1620. The number of benzene rings is 2. The smallest absolute Gasteiger partial charge is 0.412 e. The summed E-state index contributed by atoms with van der Waals surface area (Å²) >= 11 is 0. The summed E-state index contributed by atoms with van der Waals surface area (Å²) in [6.07, 6.45) is 3.59. The van der Waals surface area contributed by atoms with E-state index in [1.807, 2.05) is 54.6 Å². The lowest BCUT2D eigenvalue weighted by Crippen LogP contribution is -2.46. The third-order valence-corrected chi connectivity index (χ3v) is 7.92. The van der Waals surface area contributed by atoms with Gasteiger partial charge in [0.25, 0.3) is 5.91 Å². The highest BCUT2D eigenvalue weighted by Crippen LogP contribution is 2.31. The molecule has 4 N–H and O–H groups in total. The van der Waals surface area contributed by atoms with Crippen LogP contribution in [0.25, 0.3) is 10.9 Å². The molecule has 44 heavy (non-hydrogen) atoms. The number of amides is 2. The Morgan fingerprint density at radius 2 is 1.82 bits per heavy atom. The molecule has 11 nitrogen and oxygen atoms in total. The number of fused-ring (bicyclic) bond motifs is 1. The van der Waals surface area contributed by atoms with Crippen LogP contribution in [-0.4, -0.2) is 67.4 Å². The van der Waals surface area contributed by atoms with Gasteiger partial charge in [-0.2, -0.15) is 0 Å². The molecule has 4 heterocycles. The summed E-state index contributed by atoms with van der Waals surface area (Å²) in [4.78, 5) is 40.3. The molecule has 0 unspecified atom stereocenters. The lowest BCUT2D eigenvalue weighted by Gasteiger charge is -2.37. The van der Waals surface area contributed by atoms with Gasteiger partial charge in [0, 0.05) is 49.5 Å². The number of ether oxygens (including phenoxy) is 2. The van der Waals surface area contributed by atoms with Crippen molar-refractivity contribution < 1.29 is 19.1 Å². The summed E-state index contributed by atoms with van der Waals surface area (Å²) in [5.74, 6) is -0.0679. The van der Waals surface area contributed by atoms with Crippen LogP contribution < -0.4 is 26.2 Å². The molecule has 2 saturated heterocycles. The van der Waals surface area contributed by atoms with E-state index in [2.05, 4.69) is 32.3 Å². The zero-order valence-corrected chi connectivity index (χ0v) is 24.7. The molecule has 11 heteroatoms. The monoisotopic (exact) mass is 595 g/mol. The zero-order valence-electron chi connectivity index (χ0n) is 24.7. The average molecular weight is 596 g/mol. The van der Waals surface area contributed by atoms with Gasteiger partial charge in [0.1, 0.15) is 6.61 Å². The Kier molecular flexibility index (Phi) is 8.85. The van der Waals surface area contributed by atoms with E-state index in [0.29, 0.717) is 36.9 Å². The number of hydrogen-bond acceptors (Lipinski definition) is 9. The Balaban J connectivity index is 1.30. The Morgan fingerprint density at radius 3 is 2.61 bits per heavy atom. The van der Waals surface area contributed by atoms with Crippen molar-refractivity contribution in [1.29, 1.82) is 0 Å². The van der Waals surface area contributed by atoms with Crippen LogP contribution in [0.4, 0.5) is 27.5 Å². The minimum Gasteiger partial charge on any atom is -0.444 e. The van der Waals surface area contributed by atoms with Crippen molar-refractivity contribution in [1.82, 2.24) is 9.97 Å². The summed E-state index contributed by atoms with van der Waals surface area (Å²) in [6, 6.07) is 19.0. The number of morpholine rings is 1. The van der Waals surface area contributed by atoms with E-state index >= 15 is 0 Å². The highest BCUT2D eigenvalue weighted by atomic mass is 16.5. The third-order valence-electron chi connectivity index (χ3n) is 7.92. The van der Waals surface area contributed by atoms with Crippen LogP contribution in [0.2, 0.25) is 0 Å². The van der Waals surface area contributed by atoms with Gasteiger partial charge < -0.3 is 30.3 Å². The number of carbonyl (C=O) groups is 2. The molecule has 0 radical (unpaired) electrons. The molecule has 4 aromatic rings. The predicted octanol–water partition coefficient (Wildman–Crippen LogP) is 4.64. The second-order valence-corrected chi connectivity index (χ2v) is 11.4. The maximum Gasteiger partial charge on any atom is 0.412 e. The number of piperidine rings is 1. The van der Waals surface area contributed by atoms with E-state index < -0.39 is 12.0 Å². The van der Waals surface area contributed by atoms with Crippen molar-refractivity contribution in [2.24, 2.45) is 11.7 Å². The fraction of sp³-hybridized carbons (Fsp3) is 0.333. The molecule has 2 fully saturated rings. The first-order valence-electron chi connectivity index (χ1n) is 14.9. The number of carbonyl (C=O) groups excluding carboxylic acids is 2. The SMILES string of the molecule is C[C@@H]1C[C@H](N)CN(c2ccncc2NC(=O)c2nc3cc(N4CCOCC4)ccc3cc2NC(=O)OCc2ccccc2)C1. The molecule has 0 bridgehead atoms. The van der Waals surface area contributed by atoms with Crippen LogP contribution in [0, 0.1) is 5.92 Å². The molecule has 228 valence electrons. The Morgan fingerprint density at radius 1 is 1.00 bits per heavy atom. The topological polar surface area (TPSA) is 135 Å². The molecule has 0 saturated carbocycles. The molecule has 2 aromatic carbocycles. The molecule has 2 atom stereocenters. The average Bonchev–Trinajstić information content (AvgIpc) is 3.04. The third kappa shape index (κ3) is 6.90. The van der Waals surface area contributed by atoms with Gasteiger partial charge in [0.2, 0.25) is 0 Å². The van der Waals surface area contributed by atoms with E-state index in [1.54, 1.807) is 18.5 Å². The van der Waals surface area contributed by atoms with Gasteiger partial charge in [-0.3, -0.25) is 15.1 Å². The molecule has 2 amide bonds. The van der Waals surface area contributed by atoms with E-state index in [1.165, 1.54) is 0 Å². The van der Waals surface area contributed by atoms with Crippen molar-refractivity contribution in [3.05, 3.63) is 84.3 Å². The van der Waals surface area contributed by atoms with E-state index in [-0.39, 0.29) is 24.0 Å². The number of nitrogens with zero attached hydrogens (tertiary/aromatic N) is 4. The number of hydrogen-bond donors (Lipinski definition) is 3. The van der Waals surface area contributed by atoms with Crippen molar-refractivity contribution >= 4 is 45.7 Å². The van der Waals surface area contributed by atoms with Crippen molar-refractivity contribution in [3.63, 3.8) is 0 Å². The van der Waals surface area contributed by atoms with Gasteiger partial charge in [-0.05, 0) is 42.2 Å². The maximum atomic E-state index is 13.9. The first-order valence-corrected chi connectivity index (χ1v) is 14.9. The predicted molar refractivity (Wildman–Crippen MR) is 171 cm³/mol. The van der Waals surface area contributed by atoms with Crippen LogP contribution in [0.1, 0.15) is 29.4 Å². The maximum absolute atomic E-state index is 13.9. The fourth-order valence-electron chi connectivity index (χ4n) is 5.85. The van der Waals surface area contributed by atoms with Crippen LogP contribution >= 0.6 is 0 Å². The molecule has 0 aliphatic carbocycles. The van der Waals surface area contributed by atoms with E-state index in [0.717, 1.165) is 48.4 Å². The van der Waals surface area contributed by atoms with Gasteiger partial charge in [0.15, 0.2) is 5.69 Å². The number of aromatic nitrogens is 2. The summed E-state index contributed by atoms with van der Waals surface area (Å²) in [5.41, 5.74) is 10.5. The van der Waals surface area contributed by atoms with Crippen LogP contribution in [-0.2, 0) is 16.1 Å². The number of pyridine rings is 2. The quantitative estimate of drug-likeness (QED) is 0.279. The molecule has 2 aromatic heterocycles. The number of nitrogens with one attached hydrogen (secondary N) is 2. The van der Waals surface area contributed by atoms with Crippen LogP contribution in [0.3, 0.4) is 0 Å². The standard InChI is InChI=1S/C33H37N7O4/c1-22-15-25(34)20-40(19-22)30-9-10-35-18-29(30)37-32(41)31-28(38-33(42)44-21-23-5-3-2-4-6-23)16-24-7-8-26(17-27(24)36-31)39-11-13-43-14-12-39/h2-10,16-18,22,25H,11-15,19-21,34H2,1H3,(H,37,41)(H,38,42)/t22-,25+/m1/s1. The molecule has 0 spiro atoms. The molecule has 2 aliphatic heterocycles. The molecular formula is C33H37N7O4. The van der Waals surface area contributed by atoms with Gasteiger partial charge in [-0.25, -0.2) is 9.78 Å². The van der Waals surface area contributed by atoms with Gasteiger partial charge >= 0.3 is 6.09 Å². The normalized spacial score (nSPS) is 18.6. The lowest BCUT2D eigenvalue weighted by molar-refractivity contribution is 0.102. The minimum absolute atomic E-state index is 0.0379. The highest BCUT2D eigenvalue weighted by molar-refractivity contribution is 6.11. The van der Waals surface area contributed by atoms with E-state index in [9.17, 15) is 9.59 Å².